The van der Waals surface area contributed by atoms with E-state index in [1.54, 1.807) is 0 Å². The normalized spacial score (nSPS) is 21.1. The standard InChI is InChI=1S/C24H33N3O4/c1-2-31-20-9-7-18(8-10-20)5-6-19-11-15-26(16-12-19)21(28)17-27-22(29)24(25-23(27)30)13-3-4-14-24/h7-10,19H,2-6,11-17H2,1H3,(H,25,30). The molecule has 4 rings (SSSR count). The lowest BCUT2D eigenvalue weighted by atomic mass is 9.90. The summed E-state index contributed by atoms with van der Waals surface area (Å²) in [4.78, 5) is 40.8. The maximum absolute atomic E-state index is 12.8. The Balaban J connectivity index is 1.22. The van der Waals surface area contributed by atoms with Crippen molar-refractivity contribution in [3.05, 3.63) is 29.8 Å². The summed E-state index contributed by atoms with van der Waals surface area (Å²) in [6.07, 6.45) is 7.31. The molecule has 31 heavy (non-hydrogen) atoms. The fourth-order valence-electron chi connectivity index (χ4n) is 5.13. The number of ether oxygens (including phenoxy) is 1. The average molecular weight is 428 g/mol. The SMILES string of the molecule is CCOc1ccc(CCC2CCN(C(=O)CN3C(=O)NC4(CCCC4)C3=O)CC2)cc1. The van der Waals surface area contributed by atoms with Crippen molar-refractivity contribution in [1.29, 1.82) is 0 Å². The predicted molar refractivity (Wildman–Crippen MR) is 117 cm³/mol. The lowest BCUT2D eigenvalue weighted by molar-refractivity contribution is -0.139. The van der Waals surface area contributed by atoms with Crippen LogP contribution in [0.4, 0.5) is 4.79 Å². The first-order valence-electron chi connectivity index (χ1n) is 11.6. The minimum atomic E-state index is -0.745. The van der Waals surface area contributed by atoms with Crippen molar-refractivity contribution >= 4 is 17.8 Å². The third-order valence-corrected chi connectivity index (χ3v) is 7.04. The number of likely N-dealkylation sites (tertiary alicyclic amines) is 1. The van der Waals surface area contributed by atoms with E-state index in [9.17, 15) is 14.4 Å². The number of nitrogens with one attached hydrogen (secondary N) is 1. The van der Waals surface area contributed by atoms with Crippen molar-refractivity contribution < 1.29 is 19.1 Å². The molecule has 3 aliphatic rings. The highest BCUT2D eigenvalue weighted by atomic mass is 16.5. The molecule has 1 aromatic carbocycles. The van der Waals surface area contributed by atoms with Crippen molar-refractivity contribution in [1.82, 2.24) is 15.1 Å². The molecule has 0 radical (unpaired) electrons. The van der Waals surface area contributed by atoms with Gasteiger partial charge in [0.05, 0.1) is 6.61 Å². The number of nitrogens with zero attached hydrogens (tertiary/aromatic N) is 2. The number of aryl methyl sites for hydroxylation is 1. The summed E-state index contributed by atoms with van der Waals surface area (Å²) in [5.74, 6) is 1.16. The Morgan fingerprint density at radius 2 is 1.81 bits per heavy atom. The largest absolute Gasteiger partial charge is 0.494 e. The van der Waals surface area contributed by atoms with Gasteiger partial charge in [0.15, 0.2) is 0 Å². The molecule has 168 valence electrons. The van der Waals surface area contributed by atoms with Crippen LogP contribution >= 0.6 is 0 Å². The molecule has 0 aromatic heterocycles. The quantitative estimate of drug-likeness (QED) is 0.678. The Bertz CT molecular complexity index is 809. The van der Waals surface area contributed by atoms with E-state index in [2.05, 4.69) is 17.4 Å². The van der Waals surface area contributed by atoms with E-state index in [1.165, 1.54) is 5.56 Å². The second kappa shape index (κ2) is 9.28. The van der Waals surface area contributed by atoms with Gasteiger partial charge in [-0.25, -0.2) is 4.79 Å². The molecule has 0 atom stereocenters. The summed E-state index contributed by atoms with van der Waals surface area (Å²) in [5.41, 5.74) is 0.562. The zero-order valence-corrected chi connectivity index (χ0v) is 18.4. The second-order valence-electron chi connectivity index (χ2n) is 9.05. The van der Waals surface area contributed by atoms with Crippen LogP contribution in [0.3, 0.4) is 0 Å². The summed E-state index contributed by atoms with van der Waals surface area (Å²) >= 11 is 0. The van der Waals surface area contributed by atoms with Crippen LogP contribution in [-0.2, 0) is 16.0 Å². The van der Waals surface area contributed by atoms with Crippen LogP contribution in [0.25, 0.3) is 0 Å². The monoisotopic (exact) mass is 427 g/mol. The van der Waals surface area contributed by atoms with Gasteiger partial charge in [-0.15, -0.1) is 0 Å². The molecular weight excluding hydrogens is 394 g/mol. The van der Waals surface area contributed by atoms with E-state index >= 15 is 0 Å². The van der Waals surface area contributed by atoms with Crippen LogP contribution in [0, 0.1) is 5.92 Å². The van der Waals surface area contributed by atoms with Crippen LogP contribution in [-0.4, -0.2) is 59.4 Å². The summed E-state index contributed by atoms with van der Waals surface area (Å²) in [5, 5.41) is 2.85. The molecule has 2 aliphatic heterocycles. The van der Waals surface area contributed by atoms with E-state index in [-0.39, 0.29) is 18.4 Å². The van der Waals surface area contributed by atoms with Crippen LogP contribution in [0.1, 0.15) is 57.4 Å². The molecular formula is C24H33N3O4. The highest BCUT2D eigenvalue weighted by molar-refractivity contribution is 6.09. The number of rotatable bonds is 7. The van der Waals surface area contributed by atoms with Crippen LogP contribution < -0.4 is 10.1 Å². The Kier molecular flexibility index (Phi) is 6.49. The summed E-state index contributed by atoms with van der Waals surface area (Å²) < 4.78 is 5.49. The number of imide groups is 1. The smallest absolute Gasteiger partial charge is 0.325 e. The first kappa shape index (κ1) is 21.7. The van der Waals surface area contributed by atoms with Gasteiger partial charge in [-0.3, -0.25) is 14.5 Å². The molecule has 2 saturated heterocycles. The first-order valence-corrected chi connectivity index (χ1v) is 11.6. The number of carbonyl (C=O) groups excluding carboxylic acids is 3. The topological polar surface area (TPSA) is 79.0 Å². The summed E-state index contributed by atoms with van der Waals surface area (Å²) in [6, 6.07) is 7.88. The zero-order valence-electron chi connectivity index (χ0n) is 18.4. The highest BCUT2D eigenvalue weighted by Gasteiger charge is 2.52. The van der Waals surface area contributed by atoms with Gasteiger partial charge in [-0.05, 0) is 69.1 Å². The van der Waals surface area contributed by atoms with E-state index in [0.717, 1.165) is 49.2 Å². The number of hydrogen-bond donors (Lipinski definition) is 1. The molecule has 7 heteroatoms. The predicted octanol–water partition coefficient (Wildman–Crippen LogP) is 3.12. The second-order valence-corrected chi connectivity index (χ2v) is 9.05. The van der Waals surface area contributed by atoms with Crippen LogP contribution in [0.2, 0.25) is 0 Å². The Hall–Kier alpha value is -2.57. The van der Waals surface area contributed by atoms with E-state index in [0.29, 0.717) is 38.5 Å². The molecule has 7 nitrogen and oxygen atoms in total. The Labute approximate surface area is 184 Å². The number of urea groups is 1. The van der Waals surface area contributed by atoms with Gasteiger partial charge in [-0.2, -0.15) is 0 Å². The lowest BCUT2D eigenvalue weighted by Gasteiger charge is -2.33. The summed E-state index contributed by atoms with van der Waals surface area (Å²) in [7, 11) is 0. The van der Waals surface area contributed by atoms with Crippen molar-refractivity contribution in [3.63, 3.8) is 0 Å². The maximum atomic E-state index is 12.8. The number of carbonyl (C=O) groups is 3. The van der Waals surface area contributed by atoms with Crippen LogP contribution in [0.5, 0.6) is 5.75 Å². The lowest BCUT2D eigenvalue weighted by Crippen LogP contribution is -2.47. The minimum Gasteiger partial charge on any atom is -0.494 e. The van der Waals surface area contributed by atoms with E-state index in [1.807, 2.05) is 24.0 Å². The van der Waals surface area contributed by atoms with Gasteiger partial charge in [0.1, 0.15) is 17.8 Å². The molecule has 1 aromatic rings. The molecule has 0 bridgehead atoms. The number of benzene rings is 1. The molecule has 2 heterocycles. The number of piperidine rings is 1. The Morgan fingerprint density at radius 3 is 2.45 bits per heavy atom. The fourth-order valence-corrected chi connectivity index (χ4v) is 5.13. The molecule has 3 fully saturated rings. The molecule has 1 saturated carbocycles. The molecule has 0 unspecified atom stereocenters. The van der Waals surface area contributed by atoms with Crippen molar-refractivity contribution in [3.8, 4) is 5.75 Å². The van der Waals surface area contributed by atoms with Crippen molar-refractivity contribution in [2.24, 2.45) is 5.92 Å². The van der Waals surface area contributed by atoms with Crippen molar-refractivity contribution in [2.75, 3.05) is 26.2 Å². The van der Waals surface area contributed by atoms with Gasteiger partial charge in [-0.1, -0.05) is 25.0 Å². The third-order valence-electron chi connectivity index (χ3n) is 7.04. The third kappa shape index (κ3) is 4.70. The van der Waals surface area contributed by atoms with Gasteiger partial charge < -0.3 is 15.0 Å². The minimum absolute atomic E-state index is 0.122. The molecule has 1 aliphatic carbocycles. The molecule has 1 spiro atoms. The highest BCUT2D eigenvalue weighted by Crippen LogP contribution is 2.35. The number of amides is 4. The van der Waals surface area contributed by atoms with Crippen LogP contribution in [0.15, 0.2) is 24.3 Å². The number of hydrogen-bond acceptors (Lipinski definition) is 4. The van der Waals surface area contributed by atoms with Gasteiger partial charge in [0.2, 0.25) is 5.91 Å². The van der Waals surface area contributed by atoms with Gasteiger partial charge in [0, 0.05) is 13.1 Å². The van der Waals surface area contributed by atoms with E-state index < -0.39 is 11.6 Å². The first-order chi connectivity index (χ1) is 15.0. The maximum Gasteiger partial charge on any atom is 0.325 e. The average Bonchev–Trinajstić information content (AvgIpc) is 3.34. The van der Waals surface area contributed by atoms with Crippen molar-refractivity contribution in [2.45, 2.75) is 63.8 Å². The van der Waals surface area contributed by atoms with E-state index in [4.69, 9.17) is 4.74 Å². The molecule has 4 amide bonds. The van der Waals surface area contributed by atoms with Gasteiger partial charge >= 0.3 is 6.03 Å². The zero-order chi connectivity index (χ0) is 21.8. The molecule has 1 N–H and O–H groups in total. The Morgan fingerprint density at radius 1 is 1.13 bits per heavy atom. The summed E-state index contributed by atoms with van der Waals surface area (Å²) in [6.45, 7) is 3.91. The fraction of sp³-hybridized carbons (Fsp3) is 0.625. The van der Waals surface area contributed by atoms with Gasteiger partial charge in [0.25, 0.3) is 5.91 Å².